The van der Waals surface area contributed by atoms with E-state index in [0.717, 1.165) is 17.9 Å². The van der Waals surface area contributed by atoms with Gasteiger partial charge in [-0.1, -0.05) is 33.1 Å². The Hall–Kier alpha value is -0.0800. The monoisotopic (exact) mass is 252 g/mol. The molecule has 0 spiro atoms. The molecule has 0 aromatic carbocycles. The van der Waals surface area contributed by atoms with E-state index < -0.39 is 0 Å². The van der Waals surface area contributed by atoms with E-state index >= 15 is 0 Å². The van der Waals surface area contributed by atoms with Gasteiger partial charge in [-0.2, -0.15) is 0 Å². The minimum Gasteiger partial charge on any atom is -0.314 e. The molecule has 3 atom stereocenters. The van der Waals surface area contributed by atoms with Crippen molar-refractivity contribution in [2.24, 2.45) is 11.8 Å². The molecule has 2 nitrogen and oxygen atoms in total. The first kappa shape index (κ1) is 14.3. The minimum absolute atomic E-state index is 0.626. The van der Waals surface area contributed by atoms with Gasteiger partial charge in [0.25, 0.3) is 0 Å². The van der Waals surface area contributed by atoms with Crippen LogP contribution in [0.5, 0.6) is 0 Å². The Morgan fingerprint density at radius 2 is 1.78 bits per heavy atom. The highest BCUT2D eigenvalue weighted by atomic mass is 15.2. The molecule has 106 valence electrons. The number of hydrogen-bond acceptors (Lipinski definition) is 2. The first-order valence-electron chi connectivity index (χ1n) is 8.14. The van der Waals surface area contributed by atoms with Crippen molar-refractivity contribution >= 4 is 0 Å². The lowest BCUT2D eigenvalue weighted by molar-refractivity contribution is 0.0592. The highest BCUT2D eigenvalue weighted by Crippen LogP contribution is 2.36. The summed E-state index contributed by atoms with van der Waals surface area (Å²) in [5.74, 6) is 2.09. The maximum atomic E-state index is 3.55. The van der Waals surface area contributed by atoms with E-state index in [4.69, 9.17) is 0 Å². The smallest absolute Gasteiger partial charge is 0.00791 e. The largest absolute Gasteiger partial charge is 0.314 e. The van der Waals surface area contributed by atoms with Gasteiger partial charge in [0.2, 0.25) is 0 Å². The molecule has 0 amide bonds. The summed E-state index contributed by atoms with van der Waals surface area (Å²) in [4.78, 5) is 2.76. The predicted octanol–water partition coefficient (Wildman–Crippen LogP) is 3.28. The molecular formula is C16H32N2. The van der Waals surface area contributed by atoms with Crippen molar-refractivity contribution in [2.45, 2.75) is 71.4 Å². The fourth-order valence-corrected chi connectivity index (χ4v) is 3.79. The second-order valence-corrected chi connectivity index (χ2v) is 6.83. The topological polar surface area (TPSA) is 15.3 Å². The van der Waals surface area contributed by atoms with Gasteiger partial charge in [0.15, 0.2) is 0 Å². The van der Waals surface area contributed by atoms with E-state index in [-0.39, 0.29) is 0 Å². The molecule has 1 saturated heterocycles. The summed E-state index contributed by atoms with van der Waals surface area (Å²) < 4.78 is 0. The van der Waals surface area contributed by atoms with E-state index in [2.05, 4.69) is 31.0 Å². The summed E-state index contributed by atoms with van der Waals surface area (Å²) >= 11 is 0. The van der Waals surface area contributed by atoms with Gasteiger partial charge in [-0.3, -0.25) is 0 Å². The number of fused-ring (bicyclic) bond motifs is 1. The zero-order chi connectivity index (χ0) is 13.0. The maximum absolute atomic E-state index is 3.55. The Balaban J connectivity index is 1.72. The third-order valence-corrected chi connectivity index (χ3v) is 5.06. The molecule has 2 rings (SSSR count). The second kappa shape index (κ2) is 6.91. The van der Waals surface area contributed by atoms with Crippen LogP contribution in [-0.4, -0.2) is 36.6 Å². The van der Waals surface area contributed by atoms with Crippen molar-refractivity contribution in [2.75, 3.05) is 19.6 Å². The molecule has 18 heavy (non-hydrogen) atoms. The highest BCUT2D eigenvalue weighted by Gasteiger charge is 2.32. The molecule has 0 aromatic heterocycles. The van der Waals surface area contributed by atoms with Gasteiger partial charge in [0.05, 0.1) is 0 Å². The third kappa shape index (κ3) is 3.96. The number of nitrogens with zero attached hydrogens (tertiary/aromatic N) is 1. The van der Waals surface area contributed by atoms with Crippen LogP contribution in [0.25, 0.3) is 0 Å². The second-order valence-electron chi connectivity index (χ2n) is 6.83. The standard InChI is InChI=1S/C16H32N2/c1-13(2)17-10-8-14(3)18-11-9-15-6-4-5-7-16(15)12-18/h13-17H,4-12H2,1-3H3. The van der Waals surface area contributed by atoms with Crippen LogP contribution in [0, 0.1) is 11.8 Å². The average molecular weight is 252 g/mol. The Kier molecular flexibility index (Phi) is 5.50. The van der Waals surface area contributed by atoms with Gasteiger partial charge in [-0.25, -0.2) is 0 Å². The Morgan fingerprint density at radius 1 is 1.06 bits per heavy atom. The number of nitrogens with one attached hydrogen (secondary N) is 1. The summed E-state index contributed by atoms with van der Waals surface area (Å²) in [6.45, 7) is 10.8. The van der Waals surface area contributed by atoms with Crippen LogP contribution in [0.1, 0.15) is 59.3 Å². The molecule has 0 radical (unpaired) electrons. The summed E-state index contributed by atoms with van der Waals surface area (Å²) in [5, 5.41) is 3.55. The van der Waals surface area contributed by atoms with E-state index in [1.165, 1.54) is 58.2 Å². The summed E-state index contributed by atoms with van der Waals surface area (Å²) in [5.41, 5.74) is 0. The molecule has 1 N–H and O–H groups in total. The lowest BCUT2D eigenvalue weighted by atomic mass is 9.75. The van der Waals surface area contributed by atoms with Gasteiger partial charge < -0.3 is 10.2 Å². The maximum Gasteiger partial charge on any atom is 0.00791 e. The van der Waals surface area contributed by atoms with Gasteiger partial charge >= 0.3 is 0 Å². The molecule has 1 aliphatic carbocycles. The Bertz CT molecular complexity index is 239. The van der Waals surface area contributed by atoms with Crippen molar-refractivity contribution in [1.29, 1.82) is 0 Å². The first-order valence-corrected chi connectivity index (χ1v) is 8.14. The normalized spacial score (nSPS) is 31.3. The molecule has 2 heteroatoms. The van der Waals surface area contributed by atoms with Gasteiger partial charge in [-0.15, -0.1) is 0 Å². The molecule has 0 bridgehead atoms. The predicted molar refractivity (Wildman–Crippen MR) is 78.9 cm³/mol. The van der Waals surface area contributed by atoms with Crippen LogP contribution in [0.15, 0.2) is 0 Å². The fraction of sp³-hybridized carbons (Fsp3) is 1.00. The lowest BCUT2D eigenvalue weighted by Gasteiger charge is -2.43. The SMILES string of the molecule is CC(C)NCCC(C)N1CCC2CCCCC2C1. The van der Waals surface area contributed by atoms with Gasteiger partial charge in [-0.05, 0) is 51.1 Å². The summed E-state index contributed by atoms with van der Waals surface area (Å²) in [6, 6.07) is 1.39. The molecule has 1 aliphatic heterocycles. The van der Waals surface area contributed by atoms with E-state index in [1.807, 2.05) is 0 Å². The zero-order valence-corrected chi connectivity index (χ0v) is 12.6. The van der Waals surface area contributed by atoms with E-state index in [9.17, 15) is 0 Å². The average Bonchev–Trinajstić information content (AvgIpc) is 2.37. The minimum atomic E-state index is 0.626. The van der Waals surface area contributed by atoms with Crippen molar-refractivity contribution in [1.82, 2.24) is 10.2 Å². The van der Waals surface area contributed by atoms with Crippen molar-refractivity contribution in [3.05, 3.63) is 0 Å². The van der Waals surface area contributed by atoms with Crippen LogP contribution in [0.3, 0.4) is 0 Å². The lowest BCUT2D eigenvalue weighted by Crippen LogP contribution is -2.46. The fourth-order valence-electron chi connectivity index (χ4n) is 3.79. The Labute approximate surface area is 114 Å². The van der Waals surface area contributed by atoms with Gasteiger partial charge in [0, 0.05) is 18.6 Å². The van der Waals surface area contributed by atoms with Crippen LogP contribution >= 0.6 is 0 Å². The van der Waals surface area contributed by atoms with Crippen LogP contribution < -0.4 is 5.32 Å². The first-order chi connectivity index (χ1) is 8.66. The van der Waals surface area contributed by atoms with Crippen LogP contribution in [0.4, 0.5) is 0 Å². The number of hydrogen-bond donors (Lipinski definition) is 1. The zero-order valence-electron chi connectivity index (χ0n) is 12.6. The molecule has 3 unspecified atom stereocenters. The Morgan fingerprint density at radius 3 is 2.50 bits per heavy atom. The quantitative estimate of drug-likeness (QED) is 0.808. The molecule has 1 heterocycles. The molecular weight excluding hydrogens is 220 g/mol. The third-order valence-electron chi connectivity index (χ3n) is 5.06. The molecule has 0 aromatic rings. The summed E-state index contributed by atoms with van der Waals surface area (Å²) in [6.07, 6.45) is 8.76. The van der Waals surface area contributed by atoms with Crippen molar-refractivity contribution in [3.8, 4) is 0 Å². The van der Waals surface area contributed by atoms with E-state index in [0.29, 0.717) is 6.04 Å². The van der Waals surface area contributed by atoms with Crippen LogP contribution in [0.2, 0.25) is 0 Å². The molecule has 1 saturated carbocycles. The van der Waals surface area contributed by atoms with Crippen molar-refractivity contribution < 1.29 is 0 Å². The molecule has 2 aliphatic rings. The van der Waals surface area contributed by atoms with Crippen molar-refractivity contribution in [3.63, 3.8) is 0 Å². The van der Waals surface area contributed by atoms with Gasteiger partial charge in [0.1, 0.15) is 0 Å². The number of likely N-dealkylation sites (tertiary alicyclic amines) is 1. The van der Waals surface area contributed by atoms with E-state index in [1.54, 1.807) is 0 Å². The number of rotatable bonds is 5. The molecule has 2 fully saturated rings. The number of piperidine rings is 1. The van der Waals surface area contributed by atoms with Crippen LogP contribution in [-0.2, 0) is 0 Å². The highest BCUT2D eigenvalue weighted by molar-refractivity contribution is 4.85. The summed E-state index contributed by atoms with van der Waals surface area (Å²) in [7, 11) is 0.